The number of hydrogen-bond acceptors (Lipinski definition) is 1. The molecule has 0 heterocycles. The number of rotatable bonds is 4. The molecule has 1 amide bonds. The van der Waals surface area contributed by atoms with Crippen molar-refractivity contribution in [3.8, 4) is 0 Å². The number of hydrogen-bond donors (Lipinski definition) is 2. The zero-order valence-electron chi connectivity index (χ0n) is 11.7. The van der Waals surface area contributed by atoms with Crippen LogP contribution in [-0.4, -0.2) is 11.9 Å². The van der Waals surface area contributed by atoms with Crippen molar-refractivity contribution in [2.75, 3.05) is 0 Å². The van der Waals surface area contributed by atoms with Crippen LogP contribution in [0.25, 0.3) is 0 Å². The molecule has 0 unspecified atom stereocenters. The molecule has 0 aromatic heterocycles. The lowest BCUT2D eigenvalue weighted by Crippen LogP contribution is -2.26. The summed E-state index contributed by atoms with van der Waals surface area (Å²) in [6, 6.07) is 13.5. The van der Waals surface area contributed by atoms with Gasteiger partial charge in [0, 0.05) is 0 Å². The average Bonchev–Trinajstić information content (AvgIpc) is 2.48. The summed E-state index contributed by atoms with van der Waals surface area (Å²) in [5, 5.41) is 0.0376. The lowest BCUT2D eigenvalue weighted by Gasteiger charge is -2.14. The van der Waals surface area contributed by atoms with E-state index in [-0.39, 0.29) is 17.4 Å². The highest BCUT2D eigenvalue weighted by Gasteiger charge is 2.21. The molecule has 0 fully saturated rings. The molecule has 4 N–H and O–H groups in total. The van der Waals surface area contributed by atoms with Crippen molar-refractivity contribution < 1.29 is 9.18 Å². The van der Waals surface area contributed by atoms with Crippen LogP contribution in [0.3, 0.4) is 0 Å². The second-order valence-electron chi connectivity index (χ2n) is 4.79. The van der Waals surface area contributed by atoms with Crippen LogP contribution in [0.2, 0.25) is 5.02 Å². The third kappa shape index (κ3) is 4.05. The number of halogens is 2. The Balaban J connectivity index is 2.34. The first-order chi connectivity index (χ1) is 10.5. The Morgan fingerprint density at radius 1 is 1.18 bits per heavy atom. The van der Waals surface area contributed by atoms with Crippen molar-refractivity contribution >= 4 is 23.5 Å². The molecule has 4 nitrogen and oxygen atoms in total. The third-order valence-corrected chi connectivity index (χ3v) is 3.47. The Morgan fingerprint density at radius 2 is 1.86 bits per heavy atom. The Kier molecular flexibility index (Phi) is 5.12. The van der Waals surface area contributed by atoms with E-state index in [0.29, 0.717) is 5.56 Å². The minimum Gasteiger partial charge on any atom is -0.370 e. The molecule has 0 saturated heterocycles. The van der Waals surface area contributed by atoms with E-state index in [1.165, 1.54) is 12.1 Å². The average molecular weight is 320 g/mol. The first-order valence-electron chi connectivity index (χ1n) is 6.59. The predicted octanol–water partition coefficient (Wildman–Crippen LogP) is 2.61. The van der Waals surface area contributed by atoms with Gasteiger partial charge in [0.2, 0.25) is 0 Å². The summed E-state index contributed by atoms with van der Waals surface area (Å²) in [4.78, 5) is 15.8. The molecule has 0 aliphatic rings. The minimum atomic E-state index is -0.594. The van der Waals surface area contributed by atoms with Gasteiger partial charge in [0.15, 0.2) is 5.96 Å². The molecule has 22 heavy (non-hydrogen) atoms. The summed E-state index contributed by atoms with van der Waals surface area (Å²) in [6.45, 7) is 0. The predicted molar refractivity (Wildman–Crippen MR) is 85.1 cm³/mol. The smallest absolute Gasteiger partial charge is 0.256 e. The fourth-order valence-corrected chi connectivity index (χ4v) is 2.26. The number of guanidine groups is 1. The van der Waals surface area contributed by atoms with E-state index in [9.17, 15) is 9.18 Å². The maximum Gasteiger partial charge on any atom is 0.256 e. The van der Waals surface area contributed by atoms with Crippen LogP contribution in [0.5, 0.6) is 0 Å². The van der Waals surface area contributed by atoms with Crippen LogP contribution in [0.1, 0.15) is 17.0 Å². The van der Waals surface area contributed by atoms with Gasteiger partial charge in [-0.05, 0) is 29.7 Å². The molecule has 2 aromatic rings. The molecular weight excluding hydrogens is 305 g/mol. The Morgan fingerprint density at radius 3 is 2.45 bits per heavy atom. The zero-order chi connectivity index (χ0) is 16.1. The van der Waals surface area contributed by atoms with E-state index in [1.54, 1.807) is 18.2 Å². The van der Waals surface area contributed by atoms with E-state index < -0.39 is 17.6 Å². The van der Waals surface area contributed by atoms with Gasteiger partial charge in [0.05, 0.1) is 10.9 Å². The van der Waals surface area contributed by atoms with Crippen LogP contribution < -0.4 is 11.5 Å². The number of nitrogens with zero attached hydrogens (tertiary/aromatic N) is 1. The van der Waals surface area contributed by atoms with Crippen LogP contribution in [0.15, 0.2) is 53.5 Å². The van der Waals surface area contributed by atoms with Crippen LogP contribution in [-0.2, 0) is 11.2 Å². The van der Waals surface area contributed by atoms with Gasteiger partial charge in [-0.1, -0.05) is 48.0 Å². The Hall–Kier alpha value is -2.40. The molecule has 114 valence electrons. The highest BCUT2D eigenvalue weighted by atomic mass is 35.5. The van der Waals surface area contributed by atoms with Crippen LogP contribution >= 0.6 is 11.6 Å². The minimum absolute atomic E-state index is 0.0376. The fourth-order valence-electron chi connectivity index (χ4n) is 2.14. The van der Waals surface area contributed by atoms with Gasteiger partial charge in [0.1, 0.15) is 5.82 Å². The number of benzene rings is 2. The van der Waals surface area contributed by atoms with E-state index >= 15 is 0 Å². The first kappa shape index (κ1) is 16.0. The van der Waals surface area contributed by atoms with Crippen LogP contribution in [0, 0.1) is 5.82 Å². The lowest BCUT2D eigenvalue weighted by molar-refractivity contribution is -0.119. The maximum atomic E-state index is 13.6. The second kappa shape index (κ2) is 7.04. The lowest BCUT2D eigenvalue weighted by atomic mass is 9.91. The van der Waals surface area contributed by atoms with Crippen molar-refractivity contribution in [3.05, 3.63) is 70.5 Å². The zero-order valence-corrected chi connectivity index (χ0v) is 12.4. The third-order valence-electron chi connectivity index (χ3n) is 3.16. The Bertz CT molecular complexity index is 700. The van der Waals surface area contributed by atoms with Crippen molar-refractivity contribution in [1.29, 1.82) is 0 Å². The molecule has 1 atom stereocenters. The molecular formula is C16H15ClFN3O. The molecule has 0 radical (unpaired) electrons. The van der Waals surface area contributed by atoms with Gasteiger partial charge in [0.25, 0.3) is 5.91 Å². The SMILES string of the molecule is NC(N)=NC(=O)[C@H](Cc1ccc(Cl)c(F)c1)c1ccccc1. The molecule has 2 aromatic carbocycles. The topological polar surface area (TPSA) is 81.5 Å². The van der Waals surface area contributed by atoms with E-state index in [1.807, 2.05) is 18.2 Å². The van der Waals surface area contributed by atoms with Crippen molar-refractivity contribution in [3.63, 3.8) is 0 Å². The quantitative estimate of drug-likeness (QED) is 0.671. The highest BCUT2D eigenvalue weighted by molar-refractivity contribution is 6.30. The number of amides is 1. The first-order valence-corrected chi connectivity index (χ1v) is 6.97. The van der Waals surface area contributed by atoms with Crippen molar-refractivity contribution in [2.45, 2.75) is 12.3 Å². The van der Waals surface area contributed by atoms with E-state index in [4.69, 9.17) is 23.1 Å². The van der Waals surface area contributed by atoms with Crippen LogP contribution in [0.4, 0.5) is 4.39 Å². The normalized spacial score (nSPS) is 11.7. The van der Waals surface area contributed by atoms with Gasteiger partial charge in [-0.15, -0.1) is 0 Å². The number of carbonyl (C=O) groups is 1. The number of carbonyl (C=O) groups excluding carboxylic acids is 1. The van der Waals surface area contributed by atoms with E-state index in [2.05, 4.69) is 4.99 Å². The molecule has 0 bridgehead atoms. The van der Waals surface area contributed by atoms with Gasteiger partial charge in [-0.3, -0.25) is 4.79 Å². The van der Waals surface area contributed by atoms with Gasteiger partial charge >= 0.3 is 0 Å². The van der Waals surface area contributed by atoms with Gasteiger partial charge in [-0.25, -0.2) is 4.39 Å². The van der Waals surface area contributed by atoms with Gasteiger partial charge < -0.3 is 11.5 Å². The summed E-state index contributed by atoms with van der Waals surface area (Å²) in [6.07, 6.45) is 0.272. The molecule has 0 saturated carbocycles. The summed E-state index contributed by atoms with van der Waals surface area (Å²) < 4.78 is 13.6. The van der Waals surface area contributed by atoms with Crippen molar-refractivity contribution in [1.82, 2.24) is 0 Å². The van der Waals surface area contributed by atoms with Gasteiger partial charge in [-0.2, -0.15) is 4.99 Å². The Labute approximate surface area is 132 Å². The number of nitrogens with two attached hydrogens (primary N) is 2. The standard InChI is InChI=1S/C16H15ClFN3O/c17-13-7-6-10(9-14(13)18)8-12(15(22)21-16(19)20)11-4-2-1-3-5-11/h1-7,9,12H,8H2,(H4,19,20,21,22)/t12-/m1/s1. The summed E-state index contributed by atoms with van der Waals surface area (Å²) in [5.41, 5.74) is 11.9. The summed E-state index contributed by atoms with van der Waals surface area (Å²) >= 11 is 5.67. The summed E-state index contributed by atoms with van der Waals surface area (Å²) in [5.74, 6) is -1.89. The maximum absolute atomic E-state index is 13.6. The fraction of sp³-hybridized carbons (Fsp3) is 0.125. The van der Waals surface area contributed by atoms with E-state index in [0.717, 1.165) is 5.56 Å². The largest absolute Gasteiger partial charge is 0.370 e. The second-order valence-corrected chi connectivity index (χ2v) is 5.20. The van der Waals surface area contributed by atoms with Crippen molar-refractivity contribution in [2.24, 2.45) is 16.5 Å². The molecule has 0 aliphatic heterocycles. The molecule has 6 heteroatoms. The summed E-state index contributed by atoms with van der Waals surface area (Å²) in [7, 11) is 0. The number of aliphatic imine (C=N–C) groups is 1. The molecule has 2 rings (SSSR count). The highest BCUT2D eigenvalue weighted by Crippen LogP contribution is 2.24. The monoisotopic (exact) mass is 319 g/mol. The molecule has 0 aliphatic carbocycles. The molecule has 0 spiro atoms.